The van der Waals surface area contributed by atoms with Crippen LogP contribution in [0.3, 0.4) is 0 Å². The highest BCUT2D eigenvalue weighted by molar-refractivity contribution is 6.04. The van der Waals surface area contributed by atoms with Crippen molar-refractivity contribution in [3.8, 4) is 5.75 Å². The number of carbonyl (C=O) groups excluding carboxylic acids is 1. The van der Waals surface area contributed by atoms with Crippen molar-refractivity contribution in [3.05, 3.63) is 59.7 Å². The van der Waals surface area contributed by atoms with Crippen LogP contribution in [0.4, 0.5) is 5.69 Å². The molecule has 1 heterocycles. The summed E-state index contributed by atoms with van der Waals surface area (Å²) in [5.74, 6) is -0.954. The van der Waals surface area contributed by atoms with E-state index in [9.17, 15) is 9.59 Å². The quantitative estimate of drug-likeness (QED) is 0.811. The average Bonchev–Trinajstić information content (AvgIpc) is 2.69. The van der Waals surface area contributed by atoms with E-state index in [1.54, 1.807) is 55.5 Å². The molecule has 1 atom stereocenters. The molecule has 0 spiro atoms. The van der Waals surface area contributed by atoms with Crippen LogP contribution < -0.4 is 10.1 Å². The van der Waals surface area contributed by atoms with Gasteiger partial charge in [0.1, 0.15) is 11.9 Å². The van der Waals surface area contributed by atoms with Crippen molar-refractivity contribution in [1.82, 2.24) is 0 Å². The Hall–Kier alpha value is -2.86. The summed E-state index contributed by atoms with van der Waals surface area (Å²) in [6, 6.07) is 13.9. The zero-order chi connectivity index (χ0) is 19.2. The maximum Gasteiger partial charge on any atom is 0.310 e. The highest BCUT2D eigenvalue weighted by Gasteiger charge is 2.16. The monoisotopic (exact) mass is 369 g/mol. The first-order valence-electron chi connectivity index (χ1n) is 9.01. The van der Waals surface area contributed by atoms with Gasteiger partial charge in [0.05, 0.1) is 19.1 Å². The number of carboxylic acid groups (broad SMARTS) is 1. The van der Waals surface area contributed by atoms with Crippen LogP contribution in [0.2, 0.25) is 0 Å². The first-order chi connectivity index (χ1) is 13.0. The van der Waals surface area contributed by atoms with Gasteiger partial charge in [0.15, 0.2) is 0 Å². The second-order valence-corrected chi connectivity index (χ2v) is 6.59. The van der Waals surface area contributed by atoms with E-state index in [-0.39, 0.29) is 12.0 Å². The second-order valence-electron chi connectivity index (χ2n) is 6.59. The molecule has 0 saturated carbocycles. The fourth-order valence-corrected chi connectivity index (χ4v) is 2.87. The van der Waals surface area contributed by atoms with Crippen LogP contribution in [-0.4, -0.2) is 36.3 Å². The van der Waals surface area contributed by atoms with Crippen molar-refractivity contribution in [3.63, 3.8) is 0 Å². The topological polar surface area (TPSA) is 84.9 Å². The van der Waals surface area contributed by atoms with Gasteiger partial charge in [-0.05, 0) is 48.9 Å². The molecule has 3 rings (SSSR count). The van der Waals surface area contributed by atoms with E-state index in [4.69, 9.17) is 14.6 Å². The molecule has 0 aliphatic carbocycles. The van der Waals surface area contributed by atoms with Gasteiger partial charge in [0.2, 0.25) is 0 Å². The Bertz CT molecular complexity index is 779. The Kier molecular flexibility index (Phi) is 6.08. The molecule has 6 nitrogen and oxygen atoms in total. The SMILES string of the molecule is CC(C(=O)O)c1ccc(NC(=O)c2ccc(OC3CCOCC3)cc2)cc1. The zero-order valence-corrected chi connectivity index (χ0v) is 15.2. The molecule has 1 amide bonds. The lowest BCUT2D eigenvalue weighted by atomic mass is 10.0. The van der Waals surface area contributed by atoms with Crippen LogP contribution in [0.5, 0.6) is 5.75 Å². The van der Waals surface area contributed by atoms with Gasteiger partial charge in [-0.2, -0.15) is 0 Å². The first kappa shape index (κ1) is 18.9. The lowest BCUT2D eigenvalue weighted by molar-refractivity contribution is -0.138. The minimum absolute atomic E-state index is 0.158. The maximum atomic E-state index is 12.4. The average molecular weight is 369 g/mol. The Labute approximate surface area is 158 Å². The standard InChI is InChI=1S/C21H23NO5/c1-14(21(24)25)15-2-6-17(7-3-15)22-20(23)16-4-8-18(9-5-16)27-19-10-12-26-13-11-19/h2-9,14,19H,10-13H2,1H3,(H,22,23)(H,24,25). The Morgan fingerprint density at radius 3 is 2.30 bits per heavy atom. The van der Waals surface area contributed by atoms with Crippen LogP contribution in [0.15, 0.2) is 48.5 Å². The Balaban J connectivity index is 1.58. The molecule has 0 bridgehead atoms. The summed E-state index contributed by atoms with van der Waals surface area (Å²) in [7, 11) is 0. The van der Waals surface area contributed by atoms with Gasteiger partial charge in [-0.15, -0.1) is 0 Å². The minimum Gasteiger partial charge on any atom is -0.490 e. The third kappa shape index (κ3) is 5.08. The maximum absolute atomic E-state index is 12.4. The van der Waals surface area contributed by atoms with Gasteiger partial charge < -0.3 is 19.9 Å². The van der Waals surface area contributed by atoms with E-state index in [0.29, 0.717) is 16.8 Å². The minimum atomic E-state index is -0.880. The van der Waals surface area contributed by atoms with E-state index in [1.165, 1.54) is 0 Å². The zero-order valence-electron chi connectivity index (χ0n) is 15.2. The normalized spacial score (nSPS) is 15.7. The number of rotatable bonds is 6. The van der Waals surface area contributed by atoms with Gasteiger partial charge in [0, 0.05) is 24.1 Å². The molecule has 142 valence electrons. The molecule has 2 aromatic carbocycles. The highest BCUT2D eigenvalue weighted by Crippen LogP contribution is 2.21. The van der Waals surface area contributed by atoms with Crippen molar-refractivity contribution in [2.24, 2.45) is 0 Å². The molecule has 27 heavy (non-hydrogen) atoms. The number of nitrogens with one attached hydrogen (secondary N) is 1. The van der Waals surface area contributed by atoms with Gasteiger partial charge >= 0.3 is 5.97 Å². The number of benzene rings is 2. The van der Waals surface area contributed by atoms with Crippen LogP contribution in [0, 0.1) is 0 Å². The fourth-order valence-electron chi connectivity index (χ4n) is 2.87. The third-order valence-corrected chi connectivity index (χ3v) is 4.63. The van der Waals surface area contributed by atoms with Gasteiger partial charge in [-0.25, -0.2) is 0 Å². The largest absolute Gasteiger partial charge is 0.490 e. The third-order valence-electron chi connectivity index (χ3n) is 4.63. The van der Waals surface area contributed by atoms with Crippen LogP contribution in [0.1, 0.15) is 41.6 Å². The molecule has 1 fully saturated rings. The summed E-state index contributed by atoms with van der Waals surface area (Å²) in [5, 5.41) is 11.8. The van der Waals surface area contributed by atoms with Crippen molar-refractivity contribution in [1.29, 1.82) is 0 Å². The number of ether oxygens (including phenoxy) is 2. The molecule has 2 N–H and O–H groups in total. The molecular formula is C21H23NO5. The van der Waals surface area contributed by atoms with Gasteiger partial charge in [0.25, 0.3) is 5.91 Å². The predicted octanol–water partition coefficient (Wildman–Crippen LogP) is 3.68. The summed E-state index contributed by atoms with van der Waals surface area (Å²) in [5.41, 5.74) is 1.83. The Morgan fingerprint density at radius 2 is 1.70 bits per heavy atom. The lowest BCUT2D eigenvalue weighted by Crippen LogP contribution is -2.25. The Morgan fingerprint density at radius 1 is 1.07 bits per heavy atom. The van der Waals surface area contributed by atoms with E-state index < -0.39 is 11.9 Å². The van der Waals surface area contributed by atoms with Crippen molar-refractivity contribution in [2.75, 3.05) is 18.5 Å². The molecule has 2 aromatic rings. The number of aliphatic carboxylic acids is 1. The lowest BCUT2D eigenvalue weighted by Gasteiger charge is -2.23. The summed E-state index contributed by atoms with van der Waals surface area (Å²) in [6.45, 7) is 3.06. The number of carboxylic acids is 1. The predicted molar refractivity (Wildman–Crippen MR) is 101 cm³/mol. The molecule has 0 radical (unpaired) electrons. The molecule has 1 aliphatic rings. The molecule has 6 heteroatoms. The fraction of sp³-hybridized carbons (Fsp3) is 0.333. The number of carbonyl (C=O) groups is 2. The van der Waals surface area contributed by atoms with Crippen molar-refractivity contribution in [2.45, 2.75) is 31.8 Å². The highest BCUT2D eigenvalue weighted by atomic mass is 16.5. The molecule has 0 aromatic heterocycles. The van der Waals surface area contributed by atoms with E-state index in [0.717, 1.165) is 31.8 Å². The second kappa shape index (κ2) is 8.68. The number of hydrogen-bond acceptors (Lipinski definition) is 4. The molecular weight excluding hydrogens is 346 g/mol. The van der Waals surface area contributed by atoms with Crippen LogP contribution in [0.25, 0.3) is 0 Å². The number of amides is 1. The number of anilines is 1. The smallest absolute Gasteiger partial charge is 0.310 e. The first-order valence-corrected chi connectivity index (χ1v) is 9.01. The summed E-state index contributed by atoms with van der Waals surface area (Å²) in [4.78, 5) is 23.4. The molecule has 1 aliphatic heterocycles. The van der Waals surface area contributed by atoms with E-state index in [2.05, 4.69) is 5.32 Å². The summed E-state index contributed by atoms with van der Waals surface area (Å²) >= 11 is 0. The van der Waals surface area contributed by atoms with Crippen molar-refractivity contribution >= 4 is 17.6 Å². The summed E-state index contributed by atoms with van der Waals surface area (Å²) < 4.78 is 11.2. The summed E-state index contributed by atoms with van der Waals surface area (Å²) in [6.07, 6.45) is 1.91. The number of hydrogen-bond donors (Lipinski definition) is 2. The van der Waals surface area contributed by atoms with E-state index >= 15 is 0 Å². The van der Waals surface area contributed by atoms with Crippen molar-refractivity contribution < 1.29 is 24.2 Å². The van der Waals surface area contributed by atoms with E-state index in [1.807, 2.05) is 0 Å². The van der Waals surface area contributed by atoms with Gasteiger partial charge in [-0.3, -0.25) is 9.59 Å². The van der Waals surface area contributed by atoms with Gasteiger partial charge in [-0.1, -0.05) is 12.1 Å². The van der Waals surface area contributed by atoms with Crippen LogP contribution >= 0.6 is 0 Å². The molecule has 1 saturated heterocycles. The van der Waals surface area contributed by atoms with Crippen LogP contribution in [-0.2, 0) is 9.53 Å². The molecule has 1 unspecified atom stereocenters.